The van der Waals surface area contributed by atoms with Crippen LogP contribution in [0.2, 0.25) is 0 Å². The highest BCUT2D eigenvalue weighted by atomic mass is 32.2. The average Bonchev–Trinajstić information content (AvgIpc) is 3.28. The molecular formula is C23H21N5O4S. The van der Waals surface area contributed by atoms with E-state index < -0.39 is 10.0 Å². The van der Waals surface area contributed by atoms with Gasteiger partial charge in [-0.3, -0.25) is 9.52 Å². The van der Waals surface area contributed by atoms with Gasteiger partial charge in [0, 0.05) is 36.9 Å². The fraction of sp³-hybridized carbons (Fsp3) is 0.130. The number of pyridine rings is 1. The van der Waals surface area contributed by atoms with E-state index in [2.05, 4.69) is 9.71 Å². The minimum atomic E-state index is -3.51. The van der Waals surface area contributed by atoms with Crippen molar-refractivity contribution in [2.75, 3.05) is 11.0 Å². The Kier molecular flexibility index (Phi) is 4.75. The van der Waals surface area contributed by atoms with Crippen molar-refractivity contribution < 1.29 is 13.5 Å². The van der Waals surface area contributed by atoms with E-state index in [0.29, 0.717) is 29.1 Å². The topological polar surface area (TPSA) is 122 Å². The minimum Gasteiger partial charge on any atom is -0.508 e. The zero-order valence-corrected chi connectivity index (χ0v) is 18.7. The number of rotatable bonds is 5. The van der Waals surface area contributed by atoms with Gasteiger partial charge >= 0.3 is 0 Å². The van der Waals surface area contributed by atoms with Crippen LogP contribution in [0.25, 0.3) is 33.3 Å². The van der Waals surface area contributed by atoms with Crippen LogP contribution in [-0.4, -0.2) is 38.9 Å². The third kappa shape index (κ3) is 3.74. The van der Waals surface area contributed by atoms with Gasteiger partial charge in [0.25, 0.3) is 5.56 Å². The normalized spacial score (nSPS) is 11.9. The molecule has 0 spiro atoms. The Bertz CT molecular complexity index is 1680. The maximum absolute atomic E-state index is 12.4. The lowest BCUT2D eigenvalue weighted by atomic mass is 10.1. The summed E-state index contributed by atoms with van der Waals surface area (Å²) in [5.41, 5.74) is 3.59. The standard InChI is InChI=1S/C23H21N5O4S/c1-27-13-17(16-10-11-24-23(30)21(16)27)22-25-20-18(26-33(2,31)32)4-3-5-19(20)28(22)12-14-6-8-15(29)9-7-14/h3-11,13,26,29H,12H2,1-2H3,(H,24,30). The highest BCUT2D eigenvalue weighted by molar-refractivity contribution is 7.92. The van der Waals surface area contributed by atoms with Crippen molar-refractivity contribution in [2.45, 2.75) is 6.54 Å². The molecule has 10 heteroatoms. The number of nitrogens with one attached hydrogen (secondary N) is 2. The molecule has 0 atom stereocenters. The Morgan fingerprint density at radius 1 is 1.12 bits per heavy atom. The number of hydrogen-bond donors (Lipinski definition) is 3. The fourth-order valence-electron chi connectivity index (χ4n) is 4.12. The number of imidazole rings is 1. The number of aromatic nitrogens is 4. The second kappa shape index (κ2) is 7.52. The number of sulfonamides is 1. The summed E-state index contributed by atoms with van der Waals surface area (Å²) in [7, 11) is -1.72. The molecule has 3 N–H and O–H groups in total. The molecule has 0 fully saturated rings. The first-order valence-corrected chi connectivity index (χ1v) is 12.0. The zero-order valence-electron chi connectivity index (χ0n) is 17.9. The maximum Gasteiger partial charge on any atom is 0.272 e. The monoisotopic (exact) mass is 463 g/mol. The van der Waals surface area contributed by atoms with Crippen molar-refractivity contribution in [3.05, 3.63) is 76.8 Å². The van der Waals surface area contributed by atoms with Crippen LogP contribution in [0.5, 0.6) is 5.75 Å². The summed E-state index contributed by atoms with van der Waals surface area (Å²) >= 11 is 0. The Labute approximate surface area is 189 Å². The van der Waals surface area contributed by atoms with E-state index in [1.807, 2.05) is 35.0 Å². The molecule has 0 aliphatic rings. The lowest BCUT2D eigenvalue weighted by molar-refractivity contribution is 0.475. The quantitative estimate of drug-likeness (QED) is 0.370. The van der Waals surface area contributed by atoms with Crippen LogP contribution in [0.15, 0.2) is 65.7 Å². The highest BCUT2D eigenvalue weighted by Crippen LogP contribution is 2.34. The summed E-state index contributed by atoms with van der Waals surface area (Å²) in [5, 5.41) is 10.4. The number of para-hydroxylation sites is 1. The number of benzene rings is 2. The number of H-pyrrole nitrogens is 1. The van der Waals surface area contributed by atoms with E-state index in [-0.39, 0.29) is 11.3 Å². The second-order valence-electron chi connectivity index (χ2n) is 7.96. The molecule has 168 valence electrons. The van der Waals surface area contributed by atoms with Crippen LogP contribution in [0.1, 0.15) is 5.56 Å². The molecule has 0 unspecified atom stereocenters. The largest absolute Gasteiger partial charge is 0.508 e. The smallest absolute Gasteiger partial charge is 0.272 e. The lowest BCUT2D eigenvalue weighted by Gasteiger charge is -2.10. The summed E-state index contributed by atoms with van der Waals surface area (Å²) in [6.07, 6.45) is 4.53. The van der Waals surface area contributed by atoms with Gasteiger partial charge in [0.2, 0.25) is 10.0 Å². The highest BCUT2D eigenvalue weighted by Gasteiger charge is 2.21. The molecule has 0 aliphatic carbocycles. The maximum atomic E-state index is 12.4. The van der Waals surface area contributed by atoms with Gasteiger partial charge in [-0.2, -0.15) is 0 Å². The summed E-state index contributed by atoms with van der Waals surface area (Å²) < 4.78 is 30.1. The first-order valence-electron chi connectivity index (χ1n) is 10.1. The number of aromatic hydroxyl groups is 1. The molecule has 9 nitrogen and oxygen atoms in total. The van der Waals surface area contributed by atoms with E-state index in [1.165, 1.54) is 0 Å². The van der Waals surface area contributed by atoms with E-state index >= 15 is 0 Å². The molecule has 5 rings (SSSR count). The van der Waals surface area contributed by atoms with E-state index in [1.54, 1.807) is 42.1 Å². The van der Waals surface area contributed by atoms with Crippen LogP contribution in [0.4, 0.5) is 5.69 Å². The molecule has 0 saturated carbocycles. The molecule has 0 amide bonds. The predicted molar refractivity (Wildman–Crippen MR) is 128 cm³/mol. The van der Waals surface area contributed by atoms with E-state index in [0.717, 1.165) is 28.3 Å². The predicted octanol–water partition coefficient (Wildman–Crippen LogP) is 3.01. The van der Waals surface area contributed by atoms with Crippen molar-refractivity contribution >= 4 is 37.6 Å². The molecule has 3 aromatic heterocycles. The van der Waals surface area contributed by atoms with Gasteiger partial charge < -0.3 is 19.2 Å². The Balaban J connectivity index is 1.80. The van der Waals surface area contributed by atoms with Crippen molar-refractivity contribution in [3.63, 3.8) is 0 Å². The number of aryl methyl sites for hydroxylation is 1. The molecule has 2 aromatic carbocycles. The van der Waals surface area contributed by atoms with Gasteiger partial charge in [-0.25, -0.2) is 13.4 Å². The lowest BCUT2D eigenvalue weighted by Crippen LogP contribution is -2.09. The minimum absolute atomic E-state index is 0.169. The van der Waals surface area contributed by atoms with Crippen LogP contribution in [-0.2, 0) is 23.6 Å². The third-order valence-electron chi connectivity index (χ3n) is 5.49. The van der Waals surface area contributed by atoms with E-state index in [4.69, 9.17) is 4.98 Å². The van der Waals surface area contributed by atoms with Gasteiger partial charge in [-0.05, 0) is 35.9 Å². The molecule has 0 radical (unpaired) electrons. The molecular weight excluding hydrogens is 442 g/mol. The van der Waals surface area contributed by atoms with Gasteiger partial charge in [0.15, 0.2) is 0 Å². The van der Waals surface area contributed by atoms with Crippen LogP contribution in [0.3, 0.4) is 0 Å². The number of fused-ring (bicyclic) bond motifs is 2. The van der Waals surface area contributed by atoms with Crippen molar-refractivity contribution in [2.24, 2.45) is 7.05 Å². The van der Waals surface area contributed by atoms with Gasteiger partial charge in [0.05, 0.1) is 17.5 Å². The van der Waals surface area contributed by atoms with Crippen molar-refractivity contribution in [1.82, 2.24) is 19.1 Å². The molecule has 33 heavy (non-hydrogen) atoms. The average molecular weight is 464 g/mol. The summed E-state index contributed by atoms with van der Waals surface area (Å²) in [6, 6.07) is 14.0. The summed E-state index contributed by atoms with van der Waals surface area (Å²) in [6.45, 7) is 0.425. The van der Waals surface area contributed by atoms with Crippen LogP contribution < -0.4 is 10.3 Å². The fourth-order valence-corrected chi connectivity index (χ4v) is 4.69. The number of anilines is 1. The molecule has 0 bridgehead atoms. The zero-order chi connectivity index (χ0) is 23.3. The molecule has 0 saturated heterocycles. The van der Waals surface area contributed by atoms with Crippen molar-refractivity contribution in [1.29, 1.82) is 0 Å². The van der Waals surface area contributed by atoms with Gasteiger partial charge in [-0.15, -0.1) is 0 Å². The van der Waals surface area contributed by atoms with E-state index in [9.17, 15) is 18.3 Å². The molecule has 5 aromatic rings. The van der Waals surface area contributed by atoms with Crippen molar-refractivity contribution in [3.8, 4) is 17.1 Å². The Morgan fingerprint density at radius 3 is 2.61 bits per heavy atom. The third-order valence-corrected chi connectivity index (χ3v) is 6.08. The number of hydrogen-bond acceptors (Lipinski definition) is 5. The van der Waals surface area contributed by atoms with Crippen LogP contribution in [0, 0.1) is 0 Å². The summed E-state index contributed by atoms with van der Waals surface area (Å²) in [5.74, 6) is 0.763. The summed E-state index contributed by atoms with van der Waals surface area (Å²) in [4.78, 5) is 20.0. The van der Waals surface area contributed by atoms with Gasteiger partial charge in [0.1, 0.15) is 22.6 Å². The van der Waals surface area contributed by atoms with Crippen LogP contribution >= 0.6 is 0 Å². The number of phenols is 1. The number of nitrogens with zero attached hydrogens (tertiary/aromatic N) is 3. The first-order chi connectivity index (χ1) is 15.7. The SMILES string of the molecule is Cn1cc(-c2nc3c(NS(C)(=O)=O)cccc3n2Cc2ccc(O)cc2)c2cc[nH]c(=O)c21. The number of phenolic OH excluding ortho intramolecular Hbond substituents is 1. The molecule has 3 heterocycles. The Morgan fingerprint density at radius 2 is 1.88 bits per heavy atom. The Hall–Kier alpha value is -4.05. The second-order valence-corrected chi connectivity index (χ2v) is 9.71. The first kappa shape index (κ1) is 20.8. The van der Waals surface area contributed by atoms with Gasteiger partial charge in [-0.1, -0.05) is 18.2 Å². The molecule has 0 aliphatic heterocycles. The number of aromatic amines is 1.